The van der Waals surface area contributed by atoms with E-state index in [2.05, 4.69) is 15.0 Å². The topological polar surface area (TPSA) is 98.6 Å². The predicted octanol–water partition coefficient (Wildman–Crippen LogP) is 1.74. The van der Waals surface area contributed by atoms with Crippen molar-refractivity contribution in [2.45, 2.75) is 13.1 Å². The Bertz CT molecular complexity index is 1360. The zero-order chi connectivity index (χ0) is 23.7. The van der Waals surface area contributed by atoms with Crippen molar-refractivity contribution in [1.82, 2.24) is 29.1 Å². The summed E-state index contributed by atoms with van der Waals surface area (Å²) in [5.41, 5.74) is 2.26. The number of methoxy groups -OCH3 is 1. The normalized spacial score (nSPS) is 14.6. The summed E-state index contributed by atoms with van der Waals surface area (Å²) in [5.74, 6) is 1.78. The quantitative estimate of drug-likeness (QED) is 0.430. The molecule has 4 aromatic rings. The average Bonchev–Trinajstić information content (AvgIpc) is 3.43. The number of hydrogen-bond acceptors (Lipinski definition) is 7. The maximum absolute atomic E-state index is 12.9. The van der Waals surface area contributed by atoms with Crippen LogP contribution in [0.3, 0.4) is 0 Å². The van der Waals surface area contributed by atoms with Crippen LogP contribution in [0.25, 0.3) is 22.4 Å². The summed E-state index contributed by atoms with van der Waals surface area (Å²) in [5, 5.41) is 4.08. The lowest BCUT2D eigenvalue weighted by Crippen LogP contribution is -2.49. The van der Waals surface area contributed by atoms with Crippen LogP contribution in [0.1, 0.15) is 5.89 Å². The fraction of sp³-hybridized carbons (Fsp3) is 0.333. The van der Waals surface area contributed by atoms with Gasteiger partial charge in [0.2, 0.25) is 17.6 Å². The van der Waals surface area contributed by atoms with Crippen LogP contribution >= 0.6 is 0 Å². The van der Waals surface area contributed by atoms with E-state index >= 15 is 0 Å². The van der Waals surface area contributed by atoms with Gasteiger partial charge in [-0.1, -0.05) is 17.3 Å². The molecule has 2 aromatic carbocycles. The maximum Gasteiger partial charge on any atom is 0.329 e. The molecule has 0 spiro atoms. The highest BCUT2D eigenvalue weighted by Crippen LogP contribution is 2.20. The molecule has 0 N–H and O–H groups in total. The van der Waals surface area contributed by atoms with Crippen LogP contribution < -0.4 is 10.4 Å². The highest BCUT2D eigenvalue weighted by molar-refractivity contribution is 5.81. The first-order valence-electron chi connectivity index (χ1n) is 11.1. The van der Waals surface area contributed by atoms with Crippen LogP contribution in [-0.4, -0.2) is 68.3 Å². The molecule has 1 amide bonds. The van der Waals surface area contributed by atoms with Crippen LogP contribution in [0.5, 0.6) is 5.75 Å². The van der Waals surface area contributed by atoms with E-state index in [1.807, 2.05) is 48.5 Å². The van der Waals surface area contributed by atoms with Gasteiger partial charge in [0.15, 0.2) is 0 Å². The molecule has 5 rings (SSSR count). The van der Waals surface area contributed by atoms with Crippen molar-refractivity contribution in [3.8, 4) is 17.1 Å². The molecule has 3 heterocycles. The summed E-state index contributed by atoms with van der Waals surface area (Å²) in [6.45, 7) is 3.10. The van der Waals surface area contributed by atoms with Gasteiger partial charge < -0.3 is 14.2 Å². The minimum Gasteiger partial charge on any atom is -0.497 e. The Morgan fingerprint density at radius 3 is 2.44 bits per heavy atom. The molecule has 0 aliphatic carbocycles. The Labute approximate surface area is 195 Å². The number of carbonyl (C=O) groups is 1. The number of ether oxygens (including phenoxy) is 1. The Balaban J connectivity index is 1.18. The van der Waals surface area contributed by atoms with Gasteiger partial charge in [-0.25, -0.2) is 4.79 Å². The highest BCUT2D eigenvalue weighted by Gasteiger charge is 2.24. The number of amides is 1. The van der Waals surface area contributed by atoms with E-state index in [9.17, 15) is 9.59 Å². The van der Waals surface area contributed by atoms with Crippen LogP contribution in [0.4, 0.5) is 0 Å². The number of imidazole rings is 1. The maximum atomic E-state index is 12.9. The van der Waals surface area contributed by atoms with Gasteiger partial charge in [0.05, 0.1) is 24.7 Å². The lowest BCUT2D eigenvalue weighted by Gasteiger charge is -2.34. The standard InChI is InChI=1S/C24H26N6O4/c1-27-19-5-3-4-6-20(19)30(24(27)32)16-22(31)29-13-11-28(12-14-29)15-21-25-23(26-34-21)17-7-9-18(33-2)10-8-17/h3-10H,11-16H2,1-2H3. The summed E-state index contributed by atoms with van der Waals surface area (Å²) in [7, 11) is 3.35. The first-order chi connectivity index (χ1) is 16.5. The Morgan fingerprint density at radius 2 is 1.74 bits per heavy atom. The summed E-state index contributed by atoms with van der Waals surface area (Å²) in [6, 6.07) is 15.0. The van der Waals surface area contributed by atoms with Crippen molar-refractivity contribution in [3.63, 3.8) is 0 Å². The molecule has 1 saturated heterocycles. The van der Waals surface area contributed by atoms with Gasteiger partial charge in [0, 0.05) is 38.8 Å². The van der Waals surface area contributed by atoms with Crippen molar-refractivity contribution in [2.75, 3.05) is 33.3 Å². The number of piperazine rings is 1. The number of aromatic nitrogens is 4. The average molecular weight is 463 g/mol. The SMILES string of the molecule is COc1ccc(-c2noc(CN3CCN(C(=O)Cn4c(=O)n(C)c5ccccc54)CC3)n2)cc1. The molecule has 10 heteroatoms. The van der Waals surface area contributed by atoms with Crippen LogP contribution in [0.2, 0.25) is 0 Å². The summed E-state index contributed by atoms with van der Waals surface area (Å²) < 4.78 is 13.7. The fourth-order valence-electron chi connectivity index (χ4n) is 4.27. The van der Waals surface area contributed by atoms with E-state index < -0.39 is 0 Å². The van der Waals surface area contributed by atoms with E-state index in [-0.39, 0.29) is 18.1 Å². The third kappa shape index (κ3) is 4.19. The molecule has 0 radical (unpaired) electrons. The van der Waals surface area contributed by atoms with Gasteiger partial charge in [0.1, 0.15) is 12.3 Å². The zero-order valence-corrected chi connectivity index (χ0v) is 19.2. The minimum atomic E-state index is -0.183. The summed E-state index contributed by atoms with van der Waals surface area (Å²) in [6.07, 6.45) is 0. The van der Waals surface area contributed by atoms with E-state index in [1.165, 1.54) is 0 Å². The molecule has 10 nitrogen and oxygen atoms in total. The van der Waals surface area contributed by atoms with E-state index in [4.69, 9.17) is 9.26 Å². The second-order valence-electron chi connectivity index (χ2n) is 8.31. The fourth-order valence-corrected chi connectivity index (χ4v) is 4.27. The van der Waals surface area contributed by atoms with Gasteiger partial charge >= 0.3 is 5.69 Å². The largest absolute Gasteiger partial charge is 0.497 e. The van der Waals surface area contributed by atoms with E-state index in [1.54, 1.807) is 28.2 Å². The van der Waals surface area contributed by atoms with Gasteiger partial charge in [-0.15, -0.1) is 0 Å². The van der Waals surface area contributed by atoms with Crippen molar-refractivity contribution in [3.05, 3.63) is 64.9 Å². The molecule has 0 saturated carbocycles. The van der Waals surface area contributed by atoms with E-state index in [0.29, 0.717) is 44.4 Å². The number of carbonyl (C=O) groups excluding carboxylic acids is 1. The van der Waals surface area contributed by atoms with Gasteiger partial charge in [0.25, 0.3) is 0 Å². The molecule has 176 valence electrons. The number of fused-ring (bicyclic) bond motifs is 1. The smallest absolute Gasteiger partial charge is 0.329 e. The number of hydrogen-bond donors (Lipinski definition) is 0. The second kappa shape index (κ2) is 9.14. The summed E-state index contributed by atoms with van der Waals surface area (Å²) in [4.78, 5) is 34.0. The van der Waals surface area contributed by atoms with Gasteiger partial charge in [-0.2, -0.15) is 4.98 Å². The molecule has 1 aliphatic heterocycles. The number of rotatable bonds is 6. The van der Waals surface area contributed by atoms with Gasteiger partial charge in [-0.05, 0) is 36.4 Å². The second-order valence-corrected chi connectivity index (χ2v) is 8.31. The number of para-hydroxylation sites is 2. The predicted molar refractivity (Wildman–Crippen MR) is 125 cm³/mol. The van der Waals surface area contributed by atoms with Crippen molar-refractivity contribution in [1.29, 1.82) is 0 Å². The van der Waals surface area contributed by atoms with Crippen molar-refractivity contribution < 1.29 is 14.1 Å². The molecule has 1 aliphatic rings. The Kier molecular flexibility index (Phi) is 5.89. The van der Waals surface area contributed by atoms with Crippen LogP contribution in [0.15, 0.2) is 57.8 Å². The van der Waals surface area contributed by atoms with Crippen LogP contribution in [0, 0.1) is 0 Å². The molecule has 1 fully saturated rings. The third-order valence-corrected chi connectivity index (χ3v) is 6.25. The molecule has 0 unspecified atom stereocenters. The Morgan fingerprint density at radius 1 is 1.03 bits per heavy atom. The monoisotopic (exact) mass is 462 g/mol. The number of aryl methyl sites for hydroxylation is 1. The first kappa shape index (κ1) is 21.9. The molecular weight excluding hydrogens is 436 g/mol. The molecular formula is C24H26N6O4. The highest BCUT2D eigenvalue weighted by atomic mass is 16.5. The van der Waals surface area contributed by atoms with Crippen LogP contribution in [-0.2, 0) is 24.9 Å². The van der Waals surface area contributed by atoms with E-state index in [0.717, 1.165) is 22.3 Å². The molecule has 0 bridgehead atoms. The lowest BCUT2D eigenvalue weighted by molar-refractivity contribution is -0.133. The third-order valence-electron chi connectivity index (χ3n) is 6.25. The molecule has 2 aromatic heterocycles. The number of benzene rings is 2. The molecule has 34 heavy (non-hydrogen) atoms. The first-order valence-corrected chi connectivity index (χ1v) is 11.1. The summed E-state index contributed by atoms with van der Waals surface area (Å²) >= 11 is 0. The zero-order valence-electron chi connectivity index (χ0n) is 19.2. The van der Waals surface area contributed by atoms with Crippen molar-refractivity contribution in [2.24, 2.45) is 7.05 Å². The number of nitrogens with zero attached hydrogens (tertiary/aromatic N) is 6. The lowest BCUT2D eigenvalue weighted by atomic mass is 10.2. The van der Waals surface area contributed by atoms with Gasteiger partial charge in [-0.3, -0.25) is 18.8 Å². The van der Waals surface area contributed by atoms with Crippen molar-refractivity contribution >= 4 is 16.9 Å². The minimum absolute atomic E-state index is 0.0368. The Hall–Kier alpha value is -3.92. The molecule has 0 atom stereocenters.